The normalized spacial score (nSPS) is 10.9. The largest absolute Gasteiger partial charge is 0.493 e. The number of nitrogens with one attached hydrogen (secondary N) is 1. The fraction of sp³-hybridized carbons (Fsp3) is 0.562. The molecule has 1 N–H and O–H groups in total. The van der Waals surface area contributed by atoms with Crippen molar-refractivity contribution >= 4 is 21.6 Å². The van der Waals surface area contributed by atoms with E-state index < -0.39 is 10.0 Å². The van der Waals surface area contributed by atoms with Crippen molar-refractivity contribution in [3.63, 3.8) is 0 Å². The Morgan fingerprint density at radius 3 is 2.08 bits per heavy atom. The highest BCUT2D eigenvalue weighted by atomic mass is 32.2. The monoisotopic (exact) mass is 374 g/mol. The maximum Gasteiger partial charge on any atom is 0.232 e. The Bertz CT molecular complexity index is 665. The molecule has 1 aromatic rings. The number of hydrogen-bond donors (Lipinski definition) is 1. The summed E-state index contributed by atoms with van der Waals surface area (Å²) in [4.78, 5) is 11.6. The van der Waals surface area contributed by atoms with Crippen molar-refractivity contribution in [3.8, 4) is 17.2 Å². The van der Waals surface area contributed by atoms with Crippen LogP contribution in [0.3, 0.4) is 0 Å². The Morgan fingerprint density at radius 1 is 1.12 bits per heavy atom. The van der Waals surface area contributed by atoms with Gasteiger partial charge in [0.15, 0.2) is 11.5 Å². The van der Waals surface area contributed by atoms with Gasteiger partial charge in [-0.3, -0.25) is 9.10 Å². The number of sulfonamides is 1. The number of rotatable bonds is 10. The molecule has 0 aliphatic rings. The molecule has 0 aliphatic carbocycles. The average Bonchev–Trinajstić information content (AvgIpc) is 2.56. The highest BCUT2D eigenvalue weighted by Gasteiger charge is 2.22. The summed E-state index contributed by atoms with van der Waals surface area (Å²) in [6.45, 7) is 2.19. The van der Waals surface area contributed by atoms with Crippen molar-refractivity contribution in [2.24, 2.45) is 0 Å². The van der Waals surface area contributed by atoms with Crippen LogP contribution in [0.4, 0.5) is 5.69 Å². The van der Waals surface area contributed by atoms with Crippen LogP contribution in [0, 0.1) is 0 Å². The van der Waals surface area contributed by atoms with Gasteiger partial charge < -0.3 is 19.5 Å². The Morgan fingerprint density at radius 2 is 1.68 bits per heavy atom. The first-order chi connectivity index (χ1) is 11.8. The predicted octanol–water partition coefficient (Wildman–Crippen LogP) is 1.39. The number of nitrogens with zero attached hydrogens (tertiary/aromatic N) is 1. The molecule has 9 heteroatoms. The second-order valence-electron chi connectivity index (χ2n) is 5.32. The van der Waals surface area contributed by atoms with Crippen LogP contribution in [0.2, 0.25) is 0 Å². The Kier molecular flexibility index (Phi) is 7.82. The molecule has 1 rings (SSSR count). The lowest BCUT2D eigenvalue weighted by atomic mass is 10.2. The van der Waals surface area contributed by atoms with Crippen molar-refractivity contribution < 1.29 is 27.4 Å². The maximum absolute atomic E-state index is 12.2. The predicted molar refractivity (Wildman–Crippen MR) is 96.2 cm³/mol. The van der Waals surface area contributed by atoms with Crippen LogP contribution in [0.1, 0.15) is 19.8 Å². The maximum atomic E-state index is 12.2. The molecule has 0 saturated carbocycles. The molecule has 25 heavy (non-hydrogen) atoms. The summed E-state index contributed by atoms with van der Waals surface area (Å²) in [5, 5.41) is 2.70. The number of methoxy groups -OCH3 is 3. The van der Waals surface area contributed by atoms with Gasteiger partial charge in [-0.2, -0.15) is 0 Å². The topological polar surface area (TPSA) is 94.2 Å². The third kappa shape index (κ3) is 5.70. The summed E-state index contributed by atoms with van der Waals surface area (Å²) in [5.41, 5.74) is 0.363. The van der Waals surface area contributed by atoms with Crippen LogP contribution in [0.25, 0.3) is 0 Å². The van der Waals surface area contributed by atoms with Gasteiger partial charge >= 0.3 is 0 Å². The molecule has 0 saturated heterocycles. The van der Waals surface area contributed by atoms with Gasteiger partial charge in [0.05, 0.1) is 39.8 Å². The quantitative estimate of drug-likeness (QED) is 0.665. The van der Waals surface area contributed by atoms with Gasteiger partial charge in [0, 0.05) is 25.1 Å². The SMILES string of the molecule is CCCC(=O)NCCN(c1cc(OC)c(OC)c(OC)c1)S(C)(=O)=O. The number of benzene rings is 1. The van der Waals surface area contributed by atoms with Crippen LogP contribution in [0.5, 0.6) is 17.2 Å². The standard InChI is InChI=1S/C16H26N2O6S/c1-6-7-15(19)17-8-9-18(25(5,20)21)12-10-13(22-2)16(24-4)14(11-12)23-3/h10-11H,6-9H2,1-5H3,(H,17,19). The fourth-order valence-corrected chi connectivity index (χ4v) is 3.22. The smallest absolute Gasteiger partial charge is 0.232 e. The molecule has 0 aliphatic heterocycles. The van der Waals surface area contributed by atoms with Crippen molar-refractivity contribution in [2.45, 2.75) is 19.8 Å². The summed E-state index contributed by atoms with van der Waals surface area (Å²) >= 11 is 0. The van der Waals surface area contributed by atoms with Crippen LogP contribution in [-0.4, -0.2) is 55.0 Å². The zero-order valence-electron chi connectivity index (χ0n) is 15.3. The summed E-state index contributed by atoms with van der Waals surface area (Å²) in [6, 6.07) is 3.10. The van der Waals surface area contributed by atoms with E-state index in [1.165, 1.54) is 25.6 Å². The highest BCUT2D eigenvalue weighted by Crippen LogP contribution is 2.41. The van der Waals surface area contributed by atoms with Crippen LogP contribution < -0.4 is 23.8 Å². The number of hydrogen-bond acceptors (Lipinski definition) is 6. The van der Waals surface area contributed by atoms with E-state index in [4.69, 9.17) is 14.2 Å². The number of carbonyl (C=O) groups is 1. The van der Waals surface area contributed by atoms with Gasteiger partial charge in [-0.25, -0.2) is 8.42 Å². The van der Waals surface area contributed by atoms with Crippen LogP contribution in [-0.2, 0) is 14.8 Å². The van der Waals surface area contributed by atoms with Gasteiger partial charge in [0.1, 0.15) is 0 Å². The molecule has 0 unspecified atom stereocenters. The lowest BCUT2D eigenvalue weighted by Gasteiger charge is -2.24. The molecule has 0 spiro atoms. The molecule has 142 valence electrons. The molecule has 1 amide bonds. The lowest BCUT2D eigenvalue weighted by molar-refractivity contribution is -0.121. The number of anilines is 1. The zero-order valence-corrected chi connectivity index (χ0v) is 16.1. The van der Waals surface area contributed by atoms with Gasteiger partial charge in [0.25, 0.3) is 0 Å². The molecule has 0 heterocycles. The number of ether oxygens (including phenoxy) is 3. The molecule has 0 radical (unpaired) electrons. The zero-order chi connectivity index (χ0) is 19.0. The van der Waals surface area contributed by atoms with Crippen molar-refractivity contribution in [3.05, 3.63) is 12.1 Å². The fourth-order valence-electron chi connectivity index (χ4n) is 2.31. The first kappa shape index (κ1) is 20.9. The highest BCUT2D eigenvalue weighted by molar-refractivity contribution is 7.92. The third-order valence-electron chi connectivity index (χ3n) is 3.45. The molecule has 8 nitrogen and oxygen atoms in total. The van der Waals surface area contributed by atoms with E-state index in [2.05, 4.69) is 5.32 Å². The molecule has 1 aromatic carbocycles. The molecule has 0 bridgehead atoms. The van der Waals surface area contributed by atoms with E-state index in [9.17, 15) is 13.2 Å². The van der Waals surface area contributed by atoms with E-state index in [0.29, 0.717) is 29.4 Å². The second-order valence-corrected chi connectivity index (χ2v) is 7.23. The minimum absolute atomic E-state index is 0.0902. The molecule has 0 aromatic heterocycles. The van der Waals surface area contributed by atoms with Crippen molar-refractivity contribution in [1.82, 2.24) is 5.32 Å². The first-order valence-corrected chi connectivity index (χ1v) is 9.67. The van der Waals surface area contributed by atoms with E-state index in [1.54, 1.807) is 12.1 Å². The van der Waals surface area contributed by atoms with Gasteiger partial charge in [-0.15, -0.1) is 0 Å². The minimum atomic E-state index is -3.57. The average molecular weight is 374 g/mol. The van der Waals surface area contributed by atoms with Crippen molar-refractivity contribution in [1.29, 1.82) is 0 Å². The first-order valence-electron chi connectivity index (χ1n) is 7.82. The van der Waals surface area contributed by atoms with E-state index in [-0.39, 0.29) is 19.0 Å². The summed E-state index contributed by atoms with van der Waals surface area (Å²) in [7, 11) is 0.813. The molecular formula is C16H26N2O6S. The van der Waals surface area contributed by atoms with E-state index >= 15 is 0 Å². The van der Waals surface area contributed by atoms with Crippen LogP contribution >= 0.6 is 0 Å². The van der Waals surface area contributed by atoms with Crippen LogP contribution in [0.15, 0.2) is 12.1 Å². The third-order valence-corrected chi connectivity index (χ3v) is 4.65. The molecular weight excluding hydrogens is 348 g/mol. The van der Waals surface area contributed by atoms with Crippen molar-refractivity contribution in [2.75, 3.05) is 45.0 Å². The summed E-state index contributed by atoms with van der Waals surface area (Å²) < 4.78 is 41.3. The second kappa shape index (κ2) is 9.36. The molecule has 0 atom stereocenters. The molecule has 0 fully saturated rings. The van der Waals surface area contributed by atoms with E-state index in [1.807, 2.05) is 6.92 Å². The Balaban J connectivity index is 3.13. The van der Waals surface area contributed by atoms with Gasteiger partial charge in [0.2, 0.25) is 21.7 Å². The summed E-state index contributed by atoms with van der Waals surface area (Å²) in [6.07, 6.45) is 2.24. The van der Waals surface area contributed by atoms with Gasteiger partial charge in [-0.05, 0) is 6.42 Å². The Labute approximate surface area is 149 Å². The number of carbonyl (C=O) groups excluding carboxylic acids is 1. The Hall–Kier alpha value is -2.16. The van der Waals surface area contributed by atoms with Gasteiger partial charge in [-0.1, -0.05) is 6.92 Å². The number of amides is 1. The lowest BCUT2D eigenvalue weighted by Crippen LogP contribution is -2.38. The summed E-state index contributed by atoms with van der Waals surface area (Å²) in [5.74, 6) is 0.959. The minimum Gasteiger partial charge on any atom is -0.493 e. The van der Waals surface area contributed by atoms with E-state index in [0.717, 1.165) is 12.7 Å².